The Bertz CT molecular complexity index is 752. The van der Waals surface area contributed by atoms with Crippen LogP contribution in [-0.4, -0.2) is 0 Å². The molecular formula is C30H43F. The van der Waals surface area contributed by atoms with Crippen molar-refractivity contribution in [3.05, 3.63) is 70.5 Å². The molecule has 1 fully saturated rings. The fraction of sp³-hybridized carbons (Fsp3) is 0.600. The third kappa shape index (κ3) is 7.48. The molecule has 1 aliphatic carbocycles. The van der Waals surface area contributed by atoms with E-state index in [2.05, 4.69) is 44.2 Å². The molecule has 1 saturated carbocycles. The summed E-state index contributed by atoms with van der Waals surface area (Å²) in [6.07, 6.45) is 17.0. The van der Waals surface area contributed by atoms with Gasteiger partial charge in [0.05, 0.1) is 0 Å². The first-order valence-corrected chi connectivity index (χ1v) is 13.1. The average molecular weight is 423 g/mol. The Hall–Kier alpha value is -1.63. The molecule has 1 aliphatic rings. The van der Waals surface area contributed by atoms with Crippen LogP contribution in [0.4, 0.5) is 4.39 Å². The standard InChI is InChI=1S/C30H43F/c1-3-5-7-10-24-14-16-26(17-15-24)20-23-28-12-9-13-29(30(28)31)27-21-18-25(19-22-27)11-8-6-4-2/h9,12-17,25,27H,3-8,10-11,18-23H2,1-2H3. The van der Waals surface area contributed by atoms with E-state index < -0.39 is 0 Å². The second-order valence-electron chi connectivity index (χ2n) is 9.81. The van der Waals surface area contributed by atoms with Crippen molar-refractivity contribution in [2.24, 2.45) is 5.92 Å². The highest BCUT2D eigenvalue weighted by Gasteiger charge is 2.24. The first-order valence-electron chi connectivity index (χ1n) is 13.1. The Morgan fingerprint density at radius 3 is 2.03 bits per heavy atom. The van der Waals surface area contributed by atoms with Gasteiger partial charge in [-0.3, -0.25) is 0 Å². The summed E-state index contributed by atoms with van der Waals surface area (Å²) in [6, 6.07) is 15.1. The fourth-order valence-corrected chi connectivity index (χ4v) is 5.28. The molecule has 0 N–H and O–H groups in total. The Kier molecular flexibility index (Phi) is 10.1. The lowest BCUT2D eigenvalue weighted by molar-refractivity contribution is 0.299. The average Bonchev–Trinajstić information content (AvgIpc) is 2.80. The van der Waals surface area contributed by atoms with Gasteiger partial charge in [-0.2, -0.15) is 0 Å². The van der Waals surface area contributed by atoms with Gasteiger partial charge in [0.2, 0.25) is 0 Å². The van der Waals surface area contributed by atoms with Crippen LogP contribution in [0, 0.1) is 11.7 Å². The van der Waals surface area contributed by atoms with Gasteiger partial charge in [-0.25, -0.2) is 4.39 Å². The minimum absolute atomic E-state index is 0.0770. The van der Waals surface area contributed by atoms with Gasteiger partial charge in [-0.05, 0) is 85.5 Å². The Morgan fingerprint density at radius 2 is 1.35 bits per heavy atom. The molecule has 3 rings (SSSR count). The van der Waals surface area contributed by atoms with Crippen molar-refractivity contribution in [3.8, 4) is 0 Å². The van der Waals surface area contributed by atoms with E-state index in [9.17, 15) is 0 Å². The molecule has 0 radical (unpaired) electrons. The molecule has 31 heavy (non-hydrogen) atoms. The number of benzene rings is 2. The Balaban J connectivity index is 1.52. The lowest BCUT2D eigenvalue weighted by Gasteiger charge is -2.29. The van der Waals surface area contributed by atoms with Crippen LogP contribution in [0.15, 0.2) is 42.5 Å². The minimum Gasteiger partial charge on any atom is -0.206 e. The van der Waals surface area contributed by atoms with Gasteiger partial charge in [0.1, 0.15) is 5.82 Å². The van der Waals surface area contributed by atoms with Gasteiger partial charge in [0.15, 0.2) is 0 Å². The van der Waals surface area contributed by atoms with E-state index in [0.717, 1.165) is 42.7 Å². The van der Waals surface area contributed by atoms with Crippen molar-refractivity contribution in [1.82, 2.24) is 0 Å². The molecule has 0 nitrogen and oxygen atoms in total. The second kappa shape index (κ2) is 13.0. The van der Waals surface area contributed by atoms with Crippen LogP contribution in [0.1, 0.15) is 113 Å². The molecule has 2 aromatic carbocycles. The molecule has 0 spiro atoms. The van der Waals surface area contributed by atoms with Crippen LogP contribution in [-0.2, 0) is 19.3 Å². The van der Waals surface area contributed by atoms with E-state index in [4.69, 9.17) is 0 Å². The van der Waals surface area contributed by atoms with Crippen molar-refractivity contribution < 1.29 is 4.39 Å². The van der Waals surface area contributed by atoms with Crippen molar-refractivity contribution in [2.45, 2.75) is 110 Å². The SMILES string of the molecule is CCCCCc1ccc(CCc2cccc(C3CCC(CCCCC)CC3)c2F)cc1. The number of hydrogen-bond donors (Lipinski definition) is 0. The molecule has 170 valence electrons. The summed E-state index contributed by atoms with van der Waals surface area (Å²) in [6.45, 7) is 4.52. The summed E-state index contributed by atoms with van der Waals surface area (Å²) in [5.74, 6) is 1.37. The van der Waals surface area contributed by atoms with Crippen LogP contribution in [0.25, 0.3) is 0 Å². The fourth-order valence-electron chi connectivity index (χ4n) is 5.28. The maximum atomic E-state index is 15.3. The lowest BCUT2D eigenvalue weighted by Crippen LogP contribution is -2.15. The predicted molar refractivity (Wildman–Crippen MR) is 132 cm³/mol. The third-order valence-corrected chi connectivity index (χ3v) is 7.39. The normalized spacial score (nSPS) is 18.9. The van der Waals surface area contributed by atoms with Crippen LogP contribution < -0.4 is 0 Å². The molecule has 1 heteroatoms. The largest absolute Gasteiger partial charge is 0.206 e. The number of halogens is 1. The maximum absolute atomic E-state index is 15.3. The second-order valence-corrected chi connectivity index (χ2v) is 9.81. The van der Waals surface area contributed by atoms with Gasteiger partial charge < -0.3 is 0 Å². The van der Waals surface area contributed by atoms with Crippen molar-refractivity contribution in [2.75, 3.05) is 0 Å². The summed E-state index contributed by atoms with van der Waals surface area (Å²) in [5.41, 5.74) is 4.62. The monoisotopic (exact) mass is 422 g/mol. The van der Waals surface area contributed by atoms with Crippen LogP contribution in [0.3, 0.4) is 0 Å². The third-order valence-electron chi connectivity index (χ3n) is 7.39. The van der Waals surface area contributed by atoms with Crippen molar-refractivity contribution in [1.29, 1.82) is 0 Å². The van der Waals surface area contributed by atoms with Crippen molar-refractivity contribution in [3.63, 3.8) is 0 Å². The van der Waals surface area contributed by atoms with Crippen molar-refractivity contribution >= 4 is 0 Å². The molecule has 2 aromatic rings. The lowest BCUT2D eigenvalue weighted by atomic mass is 9.76. The number of aryl methyl sites for hydroxylation is 3. The van der Waals surface area contributed by atoms with Crippen LogP contribution >= 0.6 is 0 Å². The van der Waals surface area contributed by atoms with Gasteiger partial charge >= 0.3 is 0 Å². The Morgan fingerprint density at radius 1 is 0.710 bits per heavy atom. The molecule has 0 unspecified atom stereocenters. The Labute approximate surface area is 190 Å². The zero-order chi connectivity index (χ0) is 21.9. The maximum Gasteiger partial charge on any atom is 0.129 e. The summed E-state index contributed by atoms with van der Waals surface area (Å²) >= 11 is 0. The zero-order valence-electron chi connectivity index (χ0n) is 20.0. The number of hydrogen-bond acceptors (Lipinski definition) is 0. The first kappa shape index (κ1) is 24.0. The molecule has 0 saturated heterocycles. The zero-order valence-corrected chi connectivity index (χ0v) is 20.0. The summed E-state index contributed by atoms with van der Waals surface area (Å²) in [7, 11) is 0. The smallest absolute Gasteiger partial charge is 0.129 e. The molecule has 0 aromatic heterocycles. The number of unbranched alkanes of at least 4 members (excludes halogenated alkanes) is 4. The highest BCUT2D eigenvalue weighted by molar-refractivity contribution is 5.31. The molecule has 0 bridgehead atoms. The van der Waals surface area contributed by atoms with Gasteiger partial charge in [0, 0.05) is 0 Å². The highest BCUT2D eigenvalue weighted by Crippen LogP contribution is 2.39. The molecular weight excluding hydrogens is 379 g/mol. The molecule has 0 aliphatic heterocycles. The predicted octanol–water partition coefficient (Wildman–Crippen LogP) is 9.20. The van der Waals surface area contributed by atoms with Gasteiger partial charge in [-0.1, -0.05) is 94.8 Å². The van der Waals surface area contributed by atoms with E-state index in [1.165, 1.54) is 75.3 Å². The van der Waals surface area contributed by atoms with Gasteiger partial charge in [0.25, 0.3) is 0 Å². The number of rotatable bonds is 12. The van der Waals surface area contributed by atoms with Crippen LogP contribution in [0.2, 0.25) is 0 Å². The van der Waals surface area contributed by atoms with E-state index >= 15 is 4.39 Å². The minimum atomic E-state index is 0.0770. The molecule has 0 amide bonds. The summed E-state index contributed by atoms with van der Waals surface area (Å²) in [4.78, 5) is 0. The highest BCUT2D eigenvalue weighted by atomic mass is 19.1. The van der Waals surface area contributed by atoms with E-state index in [1.54, 1.807) is 0 Å². The molecule has 0 atom stereocenters. The molecule has 0 heterocycles. The van der Waals surface area contributed by atoms with E-state index in [0.29, 0.717) is 5.92 Å². The first-order chi connectivity index (χ1) is 15.2. The van der Waals surface area contributed by atoms with E-state index in [-0.39, 0.29) is 5.82 Å². The summed E-state index contributed by atoms with van der Waals surface area (Å²) in [5, 5.41) is 0. The van der Waals surface area contributed by atoms with Gasteiger partial charge in [-0.15, -0.1) is 0 Å². The topological polar surface area (TPSA) is 0 Å². The van der Waals surface area contributed by atoms with Crippen LogP contribution in [0.5, 0.6) is 0 Å². The summed E-state index contributed by atoms with van der Waals surface area (Å²) < 4.78 is 15.3. The quantitative estimate of drug-likeness (QED) is 0.299. The van der Waals surface area contributed by atoms with E-state index in [1.807, 2.05) is 12.1 Å².